The Kier molecular flexibility index (Phi) is 5.31. The molecule has 4 aromatic heterocycles. The first kappa shape index (κ1) is 20.4. The Hall–Kier alpha value is -3.24. The van der Waals surface area contributed by atoms with E-state index >= 15 is 0 Å². The zero-order valence-corrected chi connectivity index (χ0v) is 19.2. The van der Waals surface area contributed by atoms with E-state index in [1.54, 1.807) is 35.0 Å². The zero-order valence-electron chi connectivity index (χ0n) is 17.6. The second-order valence-electron chi connectivity index (χ2n) is 7.94. The van der Waals surface area contributed by atoms with Gasteiger partial charge in [0.2, 0.25) is 0 Å². The lowest BCUT2D eigenvalue weighted by Gasteiger charge is -2.20. The van der Waals surface area contributed by atoms with Gasteiger partial charge in [-0.3, -0.25) is 14.3 Å². The Morgan fingerprint density at radius 1 is 1.18 bits per heavy atom. The molecule has 1 aliphatic heterocycles. The fraction of sp³-hybridized carbons (Fsp3) is 0.261. The van der Waals surface area contributed by atoms with Gasteiger partial charge in [0.15, 0.2) is 11.0 Å². The molecule has 0 bridgehead atoms. The number of furan rings is 1. The highest BCUT2D eigenvalue weighted by Crippen LogP contribution is 2.41. The fourth-order valence-corrected chi connectivity index (χ4v) is 5.63. The molecule has 1 saturated carbocycles. The van der Waals surface area contributed by atoms with Gasteiger partial charge < -0.3 is 4.42 Å². The van der Waals surface area contributed by atoms with Crippen LogP contribution in [0.15, 0.2) is 75.1 Å². The van der Waals surface area contributed by atoms with Crippen molar-refractivity contribution in [3.63, 3.8) is 0 Å². The average molecular weight is 477 g/mol. The van der Waals surface area contributed by atoms with Crippen molar-refractivity contribution in [2.75, 3.05) is 5.75 Å². The van der Waals surface area contributed by atoms with E-state index in [1.165, 1.54) is 11.8 Å². The molecule has 0 saturated heterocycles. The molecule has 2 aliphatic rings. The molecule has 0 radical (unpaired) electrons. The monoisotopic (exact) mass is 476 g/mol. The summed E-state index contributed by atoms with van der Waals surface area (Å²) in [5, 5.41) is 17.9. The van der Waals surface area contributed by atoms with Crippen molar-refractivity contribution >= 4 is 34.7 Å². The third-order valence-corrected chi connectivity index (χ3v) is 7.57. The highest BCUT2D eigenvalue weighted by Gasteiger charge is 2.35. The van der Waals surface area contributed by atoms with Crippen LogP contribution in [0.2, 0.25) is 0 Å². The van der Waals surface area contributed by atoms with Crippen LogP contribution in [0.3, 0.4) is 0 Å². The zero-order chi connectivity index (χ0) is 22.2. The van der Waals surface area contributed by atoms with Gasteiger partial charge in [0, 0.05) is 35.3 Å². The fourth-order valence-electron chi connectivity index (χ4n) is 3.96. The van der Waals surface area contributed by atoms with Crippen LogP contribution >= 0.6 is 23.1 Å². The maximum atomic E-state index is 13.3. The SMILES string of the molecule is O=C(CSc1nnc(-c2cccnc2)n1C1CC1)N1N=C(c2ccco2)C[C@H]1c1cccs1. The summed E-state index contributed by atoms with van der Waals surface area (Å²) in [5.74, 6) is 1.67. The van der Waals surface area contributed by atoms with Gasteiger partial charge >= 0.3 is 0 Å². The van der Waals surface area contributed by atoms with E-state index in [-0.39, 0.29) is 17.7 Å². The van der Waals surface area contributed by atoms with E-state index in [2.05, 4.69) is 24.8 Å². The molecule has 0 spiro atoms. The number of hydrazone groups is 1. The van der Waals surface area contributed by atoms with Gasteiger partial charge in [-0.15, -0.1) is 21.5 Å². The minimum absolute atomic E-state index is 0.0618. The summed E-state index contributed by atoms with van der Waals surface area (Å²) >= 11 is 3.05. The van der Waals surface area contributed by atoms with Crippen molar-refractivity contribution in [1.82, 2.24) is 24.8 Å². The Balaban J connectivity index is 1.23. The van der Waals surface area contributed by atoms with Crippen LogP contribution in [0.25, 0.3) is 11.4 Å². The smallest absolute Gasteiger partial charge is 0.253 e. The number of thioether (sulfide) groups is 1. The first-order chi connectivity index (χ1) is 16.3. The third-order valence-electron chi connectivity index (χ3n) is 5.66. The number of thiophene rings is 1. The summed E-state index contributed by atoms with van der Waals surface area (Å²) in [6.07, 6.45) is 7.99. The first-order valence-corrected chi connectivity index (χ1v) is 12.6. The first-order valence-electron chi connectivity index (χ1n) is 10.7. The van der Waals surface area contributed by atoms with E-state index in [0.717, 1.165) is 40.0 Å². The Labute approximate surface area is 198 Å². The number of carbonyl (C=O) groups excluding carboxylic acids is 1. The van der Waals surface area contributed by atoms with Crippen molar-refractivity contribution in [3.05, 3.63) is 71.1 Å². The molecule has 10 heteroatoms. The van der Waals surface area contributed by atoms with Crippen LogP contribution in [0.4, 0.5) is 0 Å². The highest BCUT2D eigenvalue weighted by molar-refractivity contribution is 7.99. The van der Waals surface area contributed by atoms with Gasteiger partial charge in [0.05, 0.1) is 18.1 Å². The molecular weight excluding hydrogens is 456 g/mol. The Morgan fingerprint density at radius 3 is 2.85 bits per heavy atom. The summed E-state index contributed by atoms with van der Waals surface area (Å²) in [7, 11) is 0. The van der Waals surface area contributed by atoms with Crippen molar-refractivity contribution in [2.24, 2.45) is 5.10 Å². The number of aromatic nitrogens is 4. The van der Waals surface area contributed by atoms with Crippen molar-refractivity contribution in [2.45, 2.75) is 36.5 Å². The molecule has 166 valence electrons. The van der Waals surface area contributed by atoms with Crippen LogP contribution in [0.1, 0.15) is 42.0 Å². The average Bonchev–Trinajstić information content (AvgIpc) is 3.34. The lowest BCUT2D eigenvalue weighted by atomic mass is 10.1. The lowest BCUT2D eigenvalue weighted by Crippen LogP contribution is -2.28. The highest BCUT2D eigenvalue weighted by atomic mass is 32.2. The molecule has 1 aliphatic carbocycles. The van der Waals surface area contributed by atoms with Crippen LogP contribution in [-0.4, -0.2) is 42.1 Å². The predicted molar refractivity (Wildman–Crippen MR) is 126 cm³/mol. The van der Waals surface area contributed by atoms with E-state index < -0.39 is 0 Å². The molecule has 0 unspecified atom stereocenters. The second-order valence-corrected chi connectivity index (χ2v) is 9.86. The molecule has 33 heavy (non-hydrogen) atoms. The van der Waals surface area contributed by atoms with Gasteiger partial charge in [-0.1, -0.05) is 17.8 Å². The van der Waals surface area contributed by atoms with E-state index in [4.69, 9.17) is 4.42 Å². The quantitative estimate of drug-likeness (QED) is 0.356. The van der Waals surface area contributed by atoms with Gasteiger partial charge in [-0.2, -0.15) is 5.10 Å². The molecule has 0 N–H and O–H groups in total. The Morgan fingerprint density at radius 2 is 2.12 bits per heavy atom. The number of pyridine rings is 1. The number of hydrogen-bond donors (Lipinski definition) is 0. The number of rotatable bonds is 7. The van der Waals surface area contributed by atoms with Crippen LogP contribution < -0.4 is 0 Å². The van der Waals surface area contributed by atoms with E-state index in [1.807, 2.05) is 41.8 Å². The van der Waals surface area contributed by atoms with Crippen LogP contribution in [0, 0.1) is 0 Å². The number of carbonyl (C=O) groups is 1. The number of amides is 1. The molecule has 6 rings (SSSR count). The second kappa shape index (κ2) is 8.60. The molecule has 1 atom stereocenters. The van der Waals surface area contributed by atoms with Gasteiger partial charge in [-0.25, -0.2) is 5.01 Å². The predicted octanol–water partition coefficient (Wildman–Crippen LogP) is 4.80. The minimum atomic E-state index is -0.120. The molecule has 0 aromatic carbocycles. The standard InChI is InChI=1S/C23H20N6O2S2/c30-21(29-18(20-6-3-11-32-20)12-17(27-29)19-5-2-10-31-19)14-33-23-26-25-22(28(23)16-7-8-16)15-4-1-9-24-13-15/h1-6,9-11,13,16,18H,7-8,12,14H2/t18-/m0/s1. The Bertz CT molecular complexity index is 1280. The van der Waals surface area contributed by atoms with Gasteiger partial charge in [-0.05, 0) is 48.6 Å². The van der Waals surface area contributed by atoms with E-state index in [0.29, 0.717) is 18.2 Å². The molecular formula is C23H20N6O2S2. The van der Waals surface area contributed by atoms with Crippen molar-refractivity contribution in [1.29, 1.82) is 0 Å². The maximum absolute atomic E-state index is 13.3. The maximum Gasteiger partial charge on any atom is 0.253 e. The summed E-state index contributed by atoms with van der Waals surface area (Å²) < 4.78 is 7.68. The van der Waals surface area contributed by atoms with Crippen LogP contribution in [0.5, 0.6) is 0 Å². The third kappa shape index (κ3) is 4.00. The summed E-state index contributed by atoms with van der Waals surface area (Å²) in [6.45, 7) is 0. The van der Waals surface area contributed by atoms with Gasteiger partial charge in [0.25, 0.3) is 5.91 Å². The number of hydrogen-bond acceptors (Lipinski definition) is 8. The summed E-state index contributed by atoms with van der Waals surface area (Å²) in [6, 6.07) is 11.9. The van der Waals surface area contributed by atoms with Gasteiger partial charge in [0.1, 0.15) is 11.5 Å². The number of nitrogens with zero attached hydrogens (tertiary/aromatic N) is 6. The molecule has 8 nitrogen and oxygen atoms in total. The van der Waals surface area contributed by atoms with Crippen molar-refractivity contribution in [3.8, 4) is 11.4 Å². The molecule has 1 fully saturated rings. The largest absolute Gasteiger partial charge is 0.463 e. The molecule has 4 aromatic rings. The minimum Gasteiger partial charge on any atom is -0.463 e. The summed E-state index contributed by atoms with van der Waals surface area (Å²) in [5.41, 5.74) is 1.72. The lowest BCUT2D eigenvalue weighted by molar-refractivity contribution is -0.130. The summed E-state index contributed by atoms with van der Waals surface area (Å²) in [4.78, 5) is 18.6. The topological polar surface area (TPSA) is 89.4 Å². The molecule has 1 amide bonds. The normalized spacial score (nSPS) is 18.0. The van der Waals surface area contributed by atoms with Crippen molar-refractivity contribution < 1.29 is 9.21 Å². The molecule has 5 heterocycles. The van der Waals surface area contributed by atoms with Crippen LogP contribution in [-0.2, 0) is 4.79 Å². The van der Waals surface area contributed by atoms with E-state index in [9.17, 15) is 4.79 Å².